The van der Waals surface area contributed by atoms with Crippen LogP contribution in [0.4, 0.5) is 0 Å². The van der Waals surface area contributed by atoms with E-state index in [0.717, 1.165) is 16.3 Å². The van der Waals surface area contributed by atoms with Crippen molar-refractivity contribution >= 4 is 21.4 Å². The van der Waals surface area contributed by atoms with Gasteiger partial charge in [-0.3, -0.25) is 4.57 Å². The molecule has 2 N–H and O–H groups in total. The summed E-state index contributed by atoms with van der Waals surface area (Å²) in [6, 6.07) is 0. The van der Waals surface area contributed by atoms with Gasteiger partial charge in [0.2, 0.25) is 0 Å². The number of hydrogen-bond donors (Lipinski definition) is 1. The molecule has 0 atom stereocenters. The zero-order valence-corrected chi connectivity index (χ0v) is 11.6. The van der Waals surface area contributed by atoms with E-state index in [4.69, 9.17) is 5.14 Å². The first kappa shape index (κ1) is 13.1. The molecule has 2 aromatic heterocycles. The maximum atomic E-state index is 11.4. The van der Waals surface area contributed by atoms with Gasteiger partial charge in [-0.1, -0.05) is 6.92 Å². The quantitative estimate of drug-likeness (QED) is 0.894. The molecule has 0 fully saturated rings. The molecular formula is C9H13N5O2S2. The molecule has 0 saturated heterocycles. The summed E-state index contributed by atoms with van der Waals surface area (Å²) in [6.45, 7) is 4.30. The van der Waals surface area contributed by atoms with Gasteiger partial charge in [0, 0.05) is 12.7 Å². The molecule has 9 heteroatoms. The molecule has 2 aromatic rings. The van der Waals surface area contributed by atoms with Crippen LogP contribution in [0.1, 0.15) is 18.4 Å². The Morgan fingerprint density at radius 1 is 1.44 bits per heavy atom. The van der Waals surface area contributed by atoms with Gasteiger partial charge in [-0.2, -0.15) is 0 Å². The number of nitrogens with two attached hydrogens (primary N) is 1. The Hall–Kier alpha value is -1.32. The number of primary sulfonamides is 1. The lowest BCUT2D eigenvalue weighted by Crippen LogP contribution is -2.18. The average Bonchev–Trinajstić information content (AvgIpc) is 2.83. The normalized spacial score (nSPS) is 11.9. The minimum absolute atomic E-state index is 0.203. The third-order valence-electron chi connectivity index (χ3n) is 2.26. The fourth-order valence-electron chi connectivity index (χ4n) is 1.57. The van der Waals surface area contributed by atoms with Crippen molar-refractivity contribution < 1.29 is 8.42 Å². The zero-order valence-electron chi connectivity index (χ0n) is 9.99. The van der Waals surface area contributed by atoms with E-state index < -0.39 is 10.0 Å². The van der Waals surface area contributed by atoms with Gasteiger partial charge in [0.05, 0.1) is 9.88 Å². The summed E-state index contributed by atoms with van der Waals surface area (Å²) in [4.78, 5) is 4.90. The topological polar surface area (TPSA) is 104 Å². The van der Waals surface area contributed by atoms with Crippen LogP contribution in [0.15, 0.2) is 11.4 Å². The van der Waals surface area contributed by atoms with Crippen LogP contribution >= 0.6 is 11.3 Å². The van der Waals surface area contributed by atoms with Gasteiger partial charge in [-0.15, -0.1) is 21.5 Å². The molecule has 0 aromatic carbocycles. The molecule has 7 nitrogen and oxygen atoms in total. The van der Waals surface area contributed by atoms with Gasteiger partial charge in [-0.25, -0.2) is 18.5 Å². The molecule has 0 unspecified atom stereocenters. The molecular weight excluding hydrogens is 274 g/mol. The summed E-state index contributed by atoms with van der Waals surface area (Å²) in [7, 11) is -3.86. The van der Waals surface area contributed by atoms with E-state index >= 15 is 0 Å². The molecule has 0 amide bonds. The second-order valence-electron chi connectivity index (χ2n) is 3.75. The predicted molar refractivity (Wildman–Crippen MR) is 67.5 cm³/mol. The Kier molecular flexibility index (Phi) is 3.46. The lowest BCUT2D eigenvalue weighted by atomic mass is 10.4. The number of aromatic nitrogens is 4. The summed E-state index contributed by atoms with van der Waals surface area (Å²) < 4.78 is 24.4. The highest BCUT2D eigenvalue weighted by Gasteiger charge is 2.22. The van der Waals surface area contributed by atoms with Crippen molar-refractivity contribution in [3.05, 3.63) is 11.2 Å². The number of aryl methyl sites for hydroxylation is 1. The second-order valence-corrected chi connectivity index (χ2v) is 6.44. The summed E-state index contributed by atoms with van der Waals surface area (Å²) >= 11 is 1.43. The number of rotatable bonds is 4. The fourth-order valence-corrected chi connectivity index (χ4v) is 2.98. The smallest absolute Gasteiger partial charge is 0.273 e. The largest absolute Gasteiger partial charge is 0.296 e. The first-order valence-electron chi connectivity index (χ1n) is 5.32. The van der Waals surface area contributed by atoms with Crippen molar-refractivity contribution in [3.8, 4) is 10.7 Å². The van der Waals surface area contributed by atoms with Crippen LogP contribution in [0.25, 0.3) is 10.7 Å². The van der Waals surface area contributed by atoms with Gasteiger partial charge in [-0.05, 0) is 13.3 Å². The SMILES string of the molecule is CCCn1c(-c2cnc(C)s2)nnc1S(N)(=O)=O. The number of hydrogen-bond acceptors (Lipinski definition) is 6. The highest BCUT2D eigenvalue weighted by atomic mass is 32.2. The Labute approximate surface area is 109 Å². The standard InChI is InChI=1S/C9H13N5O2S2/c1-3-4-14-8(7-5-11-6(2)17-7)12-13-9(14)18(10,15)16/h5H,3-4H2,1-2H3,(H2,10,15,16). The maximum Gasteiger partial charge on any atom is 0.273 e. The van der Waals surface area contributed by atoms with Crippen molar-refractivity contribution in [3.63, 3.8) is 0 Å². The van der Waals surface area contributed by atoms with Crippen LogP contribution in [-0.2, 0) is 16.6 Å². The van der Waals surface area contributed by atoms with E-state index in [1.165, 1.54) is 15.9 Å². The zero-order chi connectivity index (χ0) is 13.3. The molecule has 0 saturated carbocycles. The summed E-state index contributed by atoms with van der Waals surface area (Å²) in [5, 5.41) is 13.4. The molecule has 0 radical (unpaired) electrons. The van der Waals surface area contributed by atoms with Gasteiger partial charge in [0.1, 0.15) is 0 Å². The van der Waals surface area contributed by atoms with Crippen LogP contribution in [0.5, 0.6) is 0 Å². The molecule has 2 heterocycles. The van der Waals surface area contributed by atoms with E-state index in [9.17, 15) is 8.42 Å². The van der Waals surface area contributed by atoms with Crippen LogP contribution in [0.3, 0.4) is 0 Å². The second kappa shape index (κ2) is 4.75. The Morgan fingerprint density at radius 3 is 2.67 bits per heavy atom. The summed E-state index contributed by atoms with van der Waals surface area (Å²) in [6.07, 6.45) is 2.41. The summed E-state index contributed by atoms with van der Waals surface area (Å²) in [5.74, 6) is 0.492. The maximum absolute atomic E-state index is 11.4. The lowest BCUT2D eigenvalue weighted by molar-refractivity contribution is 0.560. The minimum atomic E-state index is -3.86. The molecule has 0 aliphatic carbocycles. The molecule has 0 bridgehead atoms. The van der Waals surface area contributed by atoms with Crippen molar-refractivity contribution in [2.75, 3.05) is 0 Å². The molecule has 2 rings (SSSR count). The lowest BCUT2D eigenvalue weighted by Gasteiger charge is -2.05. The number of thiazole rings is 1. The molecule has 18 heavy (non-hydrogen) atoms. The van der Waals surface area contributed by atoms with Gasteiger partial charge in [0.15, 0.2) is 5.82 Å². The Balaban J connectivity index is 2.59. The molecule has 0 aliphatic rings. The summed E-state index contributed by atoms with van der Waals surface area (Å²) in [5.41, 5.74) is 0. The van der Waals surface area contributed by atoms with Crippen LogP contribution in [-0.4, -0.2) is 28.2 Å². The molecule has 0 spiro atoms. The van der Waals surface area contributed by atoms with E-state index in [1.807, 2.05) is 13.8 Å². The Bertz CT molecular complexity index is 658. The first-order valence-corrected chi connectivity index (χ1v) is 7.68. The highest BCUT2D eigenvalue weighted by Crippen LogP contribution is 2.25. The van der Waals surface area contributed by atoms with Crippen molar-refractivity contribution in [2.45, 2.75) is 32.0 Å². The van der Waals surface area contributed by atoms with E-state index in [2.05, 4.69) is 15.2 Å². The van der Waals surface area contributed by atoms with Crippen molar-refractivity contribution in [2.24, 2.45) is 5.14 Å². The van der Waals surface area contributed by atoms with E-state index in [-0.39, 0.29) is 5.16 Å². The third-order valence-corrected chi connectivity index (χ3v) is 3.98. The number of sulfonamides is 1. The predicted octanol–water partition coefficient (Wildman–Crippen LogP) is 0.767. The van der Waals surface area contributed by atoms with E-state index in [1.54, 1.807) is 6.20 Å². The van der Waals surface area contributed by atoms with Gasteiger partial charge >= 0.3 is 0 Å². The Morgan fingerprint density at radius 2 is 2.17 bits per heavy atom. The minimum Gasteiger partial charge on any atom is -0.296 e. The van der Waals surface area contributed by atoms with Crippen LogP contribution in [0.2, 0.25) is 0 Å². The van der Waals surface area contributed by atoms with Crippen molar-refractivity contribution in [1.82, 2.24) is 19.7 Å². The average molecular weight is 287 g/mol. The van der Waals surface area contributed by atoms with Crippen molar-refractivity contribution in [1.29, 1.82) is 0 Å². The third kappa shape index (κ3) is 2.42. The van der Waals surface area contributed by atoms with Gasteiger partial charge in [0.25, 0.3) is 15.2 Å². The number of nitrogens with zero attached hydrogens (tertiary/aromatic N) is 4. The van der Waals surface area contributed by atoms with Crippen LogP contribution in [0, 0.1) is 6.92 Å². The van der Waals surface area contributed by atoms with E-state index in [0.29, 0.717) is 12.4 Å². The fraction of sp³-hybridized carbons (Fsp3) is 0.444. The monoisotopic (exact) mass is 287 g/mol. The molecule has 98 valence electrons. The van der Waals surface area contributed by atoms with Crippen LogP contribution < -0.4 is 5.14 Å². The van der Waals surface area contributed by atoms with Gasteiger partial charge < -0.3 is 0 Å². The highest BCUT2D eigenvalue weighted by molar-refractivity contribution is 7.89. The first-order chi connectivity index (χ1) is 8.43. The molecule has 0 aliphatic heterocycles.